The summed E-state index contributed by atoms with van der Waals surface area (Å²) >= 11 is 1.46. The van der Waals surface area contributed by atoms with E-state index < -0.39 is 6.04 Å². The summed E-state index contributed by atoms with van der Waals surface area (Å²) in [6, 6.07) is 6.94. The molecule has 7 heteroatoms. The average Bonchev–Trinajstić information content (AvgIpc) is 3.34. The molecule has 1 aromatic carbocycles. The van der Waals surface area contributed by atoms with E-state index in [1.165, 1.54) is 23.2 Å². The van der Waals surface area contributed by atoms with Crippen molar-refractivity contribution in [1.29, 1.82) is 0 Å². The van der Waals surface area contributed by atoms with Gasteiger partial charge >= 0.3 is 0 Å². The van der Waals surface area contributed by atoms with E-state index in [4.69, 9.17) is 4.42 Å². The van der Waals surface area contributed by atoms with E-state index in [0.717, 1.165) is 22.2 Å². The van der Waals surface area contributed by atoms with E-state index in [-0.39, 0.29) is 17.6 Å². The molecule has 1 aliphatic rings. The Morgan fingerprint density at radius 1 is 1.35 bits per heavy atom. The third kappa shape index (κ3) is 2.99. The van der Waals surface area contributed by atoms with Crippen LogP contribution >= 0.6 is 11.3 Å². The van der Waals surface area contributed by atoms with Gasteiger partial charge < -0.3 is 14.6 Å². The van der Waals surface area contributed by atoms with Crippen molar-refractivity contribution >= 4 is 38.5 Å². The summed E-state index contributed by atoms with van der Waals surface area (Å²) in [7, 11) is 0. The summed E-state index contributed by atoms with van der Waals surface area (Å²) in [6.07, 6.45) is 2.90. The number of nitrogens with one attached hydrogen (secondary N) is 1. The number of rotatable bonds is 3. The number of thiazole rings is 1. The summed E-state index contributed by atoms with van der Waals surface area (Å²) in [5, 5.41) is 3.46. The molecule has 0 bridgehead atoms. The van der Waals surface area contributed by atoms with Crippen LogP contribution in [-0.4, -0.2) is 34.3 Å². The number of likely N-dealkylation sites (tertiary alicyclic amines) is 1. The van der Waals surface area contributed by atoms with Crippen molar-refractivity contribution in [1.82, 2.24) is 9.88 Å². The van der Waals surface area contributed by atoms with E-state index in [0.29, 0.717) is 18.1 Å². The molecule has 1 aliphatic heterocycles. The number of aryl methyl sites for hydroxylation is 2. The molecule has 134 valence electrons. The second-order valence-electron chi connectivity index (χ2n) is 6.57. The molecule has 2 aromatic heterocycles. The van der Waals surface area contributed by atoms with Crippen LogP contribution in [0.25, 0.3) is 10.2 Å². The minimum Gasteiger partial charge on any atom is -0.459 e. The SMILES string of the molecule is Cc1cc(C)c2nc(NC(=O)C3CCCN3C(=O)c3ccco3)sc2c1. The van der Waals surface area contributed by atoms with E-state index in [9.17, 15) is 9.59 Å². The average molecular weight is 369 g/mol. The van der Waals surface area contributed by atoms with Crippen LogP contribution in [0.4, 0.5) is 5.13 Å². The first-order valence-electron chi connectivity index (χ1n) is 8.56. The predicted octanol–water partition coefficient (Wildman–Crippen LogP) is 3.75. The maximum atomic E-state index is 12.8. The van der Waals surface area contributed by atoms with Gasteiger partial charge in [-0.2, -0.15) is 0 Å². The van der Waals surface area contributed by atoms with Crippen molar-refractivity contribution < 1.29 is 14.0 Å². The van der Waals surface area contributed by atoms with Crippen molar-refractivity contribution in [2.75, 3.05) is 11.9 Å². The highest BCUT2D eigenvalue weighted by Gasteiger charge is 2.35. The van der Waals surface area contributed by atoms with Crippen molar-refractivity contribution in [2.45, 2.75) is 32.7 Å². The Hall–Kier alpha value is -2.67. The fourth-order valence-electron chi connectivity index (χ4n) is 3.44. The van der Waals surface area contributed by atoms with E-state index in [1.807, 2.05) is 13.8 Å². The molecule has 2 amide bonds. The lowest BCUT2D eigenvalue weighted by molar-refractivity contribution is -0.119. The van der Waals surface area contributed by atoms with Crippen LogP contribution in [-0.2, 0) is 4.79 Å². The molecule has 0 saturated carbocycles. The molecule has 3 aromatic rings. The van der Waals surface area contributed by atoms with Gasteiger partial charge in [0.05, 0.1) is 16.5 Å². The van der Waals surface area contributed by atoms with E-state index in [2.05, 4.69) is 22.4 Å². The summed E-state index contributed by atoms with van der Waals surface area (Å²) < 4.78 is 6.23. The van der Waals surface area contributed by atoms with Crippen molar-refractivity contribution in [2.24, 2.45) is 0 Å². The molecule has 4 rings (SSSR count). The van der Waals surface area contributed by atoms with E-state index >= 15 is 0 Å². The fraction of sp³-hybridized carbons (Fsp3) is 0.316. The van der Waals surface area contributed by atoms with Gasteiger partial charge in [0.25, 0.3) is 5.91 Å². The zero-order valence-electron chi connectivity index (χ0n) is 14.6. The number of anilines is 1. The monoisotopic (exact) mass is 369 g/mol. The zero-order chi connectivity index (χ0) is 18.3. The molecule has 1 N–H and O–H groups in total. The van der Waals surface area contributed by atoms with E-state index in [1.54, 1.807) is 17.0 Å². The highest BCUT2D eigenvalue weighted by Crippen LogP contribution is 2.30. The second-order valence-corrected chi connectivity index (χ2v) is 7.60. The Morgan fingerprint density at radius 3 is 2.96 bits per heavy atom. The molecule has 0 spiro atoms. The Labute approximate surface area is 154 Å². The summed E-state index contributed by atoms with van der Waals surface area (Å²) in [5.74, 6) is -0.185. The van der Waals surface area contributed by atoms with Gasteiger partial charge in [-0.1, -0.05) is 17.4 Å². The predicted molar refractivity (Wildman–Crippen MR) is 100 cm³/mol. The molecule has 3 heterocycles. The van der Waals surface area contributed by atoms with Crippen LogP contribution in [0.5, 0.6) is 0 Å². The molecule has 6 nitrogen and oxygen atoms in total. The van der Waals surface area contributed by atoms with Crippen molar-refractivity contribution in [3.8, 4) is 0 Å². The third-order valence-corrected chi connectivity index (χ3v) is 5.53. The maximum Gasteiger partial charge on any atom is 0.290 e. The van der Waals surface area contributed by atoms with Gasteiger partial charge in [-0.3, -0.25) is 9.59 Å². The standard InChI is InChI=1S/C19H19N3O3S/c1-11-9-12(2)16-15(10-11)26-19(20-16)21-17(23)13-5-3-7-22(13)18(24)14-6-4-8-25-14/h4,6,8-10,13H,3,5,7H2,1-2H3,(H,20,21,23). The van der Waals surface area contributed by atoms with Crippen LogP contribution in [0.3, 0.4) is 0 Å². The van der Waals surface area contributed by atoms with Crippen LogP contribution in [0, 0.1) is 13.8 Å². The van der Waals surface area contributed by atoms with Gasteiger partial charge in [0.1, 0.15) is 6.04 Å². The smallest absolute Gasteiger partial charge is 0.290 e. The molecule has 1 unspecified atom stereocenters. The molecule has 0 radical (unpaired) electrons. The highest BCUT2D eigenvalue weighted by molar-refractivity contribution is 7.22. The Morgan fingerprint density at radius 2 is 2.19 bits per heavy atom. The molecular weight excluding hydrogens is 350 g/mol. The van der Waals surface area contributed by atoms with Crippen LogP contribution in [0.2, 0.25) is 0 Å². The highest BCUT2D eigenvalue weighted by atomic mass is 32.1. The number of benzene rings is 1. The van der Waals surface area contributed by atoms with Gasteiger partial charge in [-0.15, -0.1) is 0 Å². The molecule has 26 heavy (non-hydrogen) atoms. The first-order chi connectivity index (χ1) is 12.5. The number of amides is 2. The minimum atomic E-state index is -0.498. The van der Waals surface area contributed by atoms with Gasteiger partial charge in [-0.05, 0) is 56.0 Å². The summed E-state index contributed by atoms with van der Waals surface area (Å²) in [6.45, 7) is 4.61. The third-order valence-electron chi connectivity index (χ3n) is 4.61. The van der Waals surface area contributed by atoms with Crippen LogP contribution in [0.1, 0.15) is 34.5 Å². The number of fused-ring (bicyclic) bond motifs is 1. The quantitative estimate of drug-likeness (QED) is 0.763. The summed E-state index contributed by atoms with van der Waals surface area (Å²) in [5.41, 5.74) is 3.17. The molecule has 1 atom stereocenters. The Balaban J connectivity index is 1.54. The van der Waals surface area contributed by atoms with Gasteiger partial charge in [0.2, 0.25) is 5.91 Å². The fourth-order valence-corrected chi connectivity index (χ4v) is 4.48. The largest absolute Gasteiger partial charge is 0.459 e. The number of hydrogen-bond donors (Lipinski definition) is 1. The van der Waals surface area contributed by atoms with Gasteiger partial charge in [0.15, 0.2) is 10.9 Å². The molecular formula is C19H19N3O3S. The van der Waals surface area contributed by atoms with Gasteiger partial charge in [-0.25, -0.2) is 4.98 Å². The van der Waals surface area contributed by atoms with Crippen molar-refractivity contribution in [3.63, 3.8) is 0 Å². The normalized spacial score (nSPS) is 17.0. The number of nitrogens with zero attached hydrogens (tertiary/aromatic N) is 2. The first-order valence-corrected chi connectivity index (χ1v) is 9.38. The number of hydrogen-bond acceptors (Lipinski definition) is 5. The van der Waals surface area contributed by atoms with Crippen LogP contribution < -0.4 is 5.32 Å². The minimum absolute atomic E-state index is 0.198. The molecule has 1 saturated heterocycles. The molecule has 0 aliphatic carbocycles. The maximum absolute atomic E-state index is 12.8. The zero-order valence-corrected chi connectivity index (χ0v) is 15.4. The lowest BCUT2D eigenvalue weighted by atomic mass is 10.1. The van der Waals surface area contributed by atoms with Gasteiger partial charge in [0, 0.05) is 6.54 Å². The lowest BCUT2D eigenvalue weighted by Gasteiger charge is -2.22. The second kappa shape index (κ2) is 6.57. The summed E-state index contributed by atoms with van der Waals surface area (Å²) in [4.78, 5) is 31.4. The van der Waals surface area contributed by atoms with Crippen LogP contribution in [0.15, 0.2) is 34.9 Å². The Kier molecular flexibility index (Phi) is 4.24. The number of furan rings is 1. The number of carbonyl (C=O) groups is 2. The molecule has 1 fully saturated rings. The van der Waals surface area contributed by atoms with Crippen molar-refractivity contribution in [3.05, 3.63) is 47.4 Å². The first kappa shape index (κ1) is 16.8. The number of aromatic nitrogens is 1. The lowest BCUT2D eigenvalue weighted by Crippen LogP contribution is -2.43. The number of carbonyl (C=O) groups excluding carboxylic acids is 2. The Bertz CT molecular complexity index is 977. The topological polar surface area (TPSA) is 75.4 Å².